The number of aromatic nitrogens is 1. The van der Waals surface area contributed by atoms with Crippen LogP contribution in [0.25, 0.3) is 0 Å². The number of likely N-dealkylation sites (tertiary alicyclic amines) is 1. The molecule has 1 fully saturated rings. The highest BCUT2D eigenvalue weighted by Gasteiger charge is 2.55. The maximum absolute atomic E-state index is 13.4. The quantitative estimate of drug-likeness (QED) is 0.794. The average molecular weight is 394 g/mol. The summed E-state index contributed by atoms with van der Waals surface area (Å²) in [7, 11) is 0. The summed E-state index contributed by atoms with van der Waals surface area (Å²) in [6, 6.07) is 11.9. The van der Waals surface area contributed by atoms with Crippen LogP contribution >= 0.6 is 0 Å². The highest BCUT2D eigenvalue weighted by Crippen LogP contribution is 2.47. The van der Waals surface area contributed by atoms with Crippen molar-refractivity contribution >= 4 is 23.4 Å². The Morgan fingerprint density at radius 2 is 1.93 bits per heavy atom. The van der Waals surface area contributed by atoms with Crippen molar-refractivity contribution in [3.05, 3.63) is 64.1 Å². The molecule has 0 radical (unpaired) electrons. The maximum atomic E-state index is 13.4. The lowest BCUT2D eigenvalue weighted by Crippen LogP contribution is -2.46. The Morgan fingerprint density at radius 1 is 1.14 bits per heavy atom. The van der Waals surface area contributed by atoms with Crippen LogP contribution in [0.3, 0.4) is 0 Å². The second-order valence-electron chi connectivity index (χ2n) is 7.35. The minimum atomic E-state index is -0.867. The standard InChI is InChI=1S/C21H22N4O4/c1-2-22-18(27)12-25-16-8-4-3-6-14(16)21(20(25)29)10-11-24(13-21)19(28)15-7-5-9-17(26)23-15/h3-9H,2,10-13H2,1H3,(H,22,27)(H,23,26). The molecule has 1 aromatic carbocycles. The number of amides is 3. The number of nitrogens with zero attached hydrogens (tertiary/aromatic N) is 2. The molecule has 8 nitrogen and oxygen atoms in total. The van der Waals surface area contributed by atoms with Crippen LogP contribution in [-0.2, 0) is 15.0 Å². The van der Waals surface area contributed by atoms with E-state index >= 15 is 0 Å². The molecule has 1 spiro atoms. The topological polar surface area (TPSA) is 103 Å². The lowest BCUT2D eigenvalue weighted by Gasteiger charge is -2.24. The minimum Gasteiger partial charge on any atom is -0.355 e. The number of para-hydroxylation sites is 1. The fourth-order valence-electron chi connectivity index (χ4n) is 4.27. The number of H-pyrrole nitrogens is 1. The lowest BCUT2D eigenvalue weighted by molar-refractivity contribution is -0.126. The van der Waals surface area contributed by atoms with Crippen LogP contribution in [0.2, 0.25) is 0 Å². The zero-order valence-electron chi connectivity index (χ0n) is 16.1. The van der Waals surface area contributed by atoms with Crippen LogP contribution in [-0.4, -0.2) is 53.8 Å². The van der Waals surface area contributed by atoms with Gasteiger partial charge in [0.15, 0.2) is 0 Å². The van der Waals surface area contributed by atoms with Gasteiger partial charge in [0, 0.05) is 31.4 Å². The lowest BCUT2D eigenvalue weighted by atomic mass is 9.81. The van der Waals surface area contributed by atoms with Gasteiger partial charge in [-0.25, -0.2) is 0 Å². The molecule has 29 heavy (non-hydrogen) atoms. The summed E-state index contributed by atoms with van der Waals surface area (Å²) in [6.07, 6.45) is 0.470. The first-order chi connectivity index (χ1) is 14.0. The van der Waals surface area contributed by atoms with E-state index in [4.69, 9.17) is 0 Å². The van der Waals surface area contributed by atoms with Gasteiger partial charge in [-0.3, -0.25) is 19.2 Å². The summed E-state index contributed by atoms with van der Waals surface area (Å²) >= 11 is 0. The Morgan fingerprint density at radius 3 is 2.69 bits per heavy atom. The average Bonchev–Trinajstić information content (AvgIpc) is 3.25. The summed E-state index contributed by atoms with van der Waals surface area (Å²) in [5.41, 5.74) is 0.540. The molecule has 3 heterocycles. The van der Waals surface area contributed by atoms with Crippen LogP contribution in [0, 0.1) is 0 Å². The Kier molecular flexibility index (Phi) is 4.70. The van der Waals surface area contributed by atoms with Gasteiger partial charge in [-0.15, -0.1) is 0 Å². The first-order valence-corrected chi connectivity index (χ1v) is 9.63. The van der Waals surface area contributed by atoms with Crippen LogP contribution in [0.15, 0.2) is 47.3 Å². The molecule has 1 saturated heterocycles. The van der Waals surface area contributed by atoms with Crippen molar-refractivity contribution in [1.29, 1.82) is 0 Å². The number of pyridine rings is 1. The molecule has 1 aromatic heterocycles. The summed E-state index contributed by atoms with van der Waals surface area (Å²) < 4.78 is 0. The number of anilines is 1. The van der Waals surface area contributed by atoms with E-state index in [0.29, 0.717) is 25.2 Å². The molecule has 0 saturated carbocycles. The molecule has 2 aromatic rings. The van der Waals surface area contributed by atoms with Gasteiger partial charge in [0.25, 0.3) is 5.91 Å². The molecular formula is C21H22N4O4. The second-order valence-corrected chi connectivity index (χ2v) is 7.35. The van der Waals surface area contributed by atoms with Gasteiger partial charge in [0.2, 0.25) is 17.4 Å². The number of rotatable bonds is 4. The smallest absolute Gasteiger partial charge is 0.270 e. The number of hydrogen-bond acceptors (Lipinski definition) is 4. The minimum absolute atomic E-state index is 0.0502. The van der Waals surface area contributed by atoms with Crippen molar-refractivity contribution in [2.45, 2.75) is 18.8 Å². The third-order valence-electron chi connectivity index (χ3n) is 5.60. The summed E-state index contributed by atoms with van der Waals surface area (Å²) in [6.45, 7) is 2.87. The van der Waals surface area contributed by atoms with E-state index in [-0.39, 0.29) is 42.1 Å². The summed E-state index contributed by atoms with van der Waals surface area (Å²) in [5.74, 6) is -0.700. The maximum Gasteiger partial charge on any atom is 0.270 e. The molecule has 2 aliphatic rings. The third kappa shape index (κ3) is 3.10. The Balaban J connectivity index is 1.64. The van der Waals surface area contributed by atoms with Gasteiger partial charge >= 0.3 is 0 Å². The second kappa shape index (κ2) is 7.20. The van der Waals surface area contributed by atoms with E-state index < -0.39 is 5.41 Å². The first kappa shape index (κ1) is 18.9. The molecule has 3 amide bonds. The fraction of sp³-hybridized carbons (Fsp3) is 0.333. The van der Waals surface area contributed by atoms with Gasteiger partial charge in [0.1, 0.15) is 12.2 Å². The summed E-state index contributed by atoms with van der Waals surface area (Å²) in [5, 5.41) is 2.73. The first-order valence-electron chi connectivity index (χ1n) is 9.63. The number of nitrogens with one attached hydrogen (secondary N) is 2. The number of fused-ring (bicyclic) bond motifs is 2. The Labute approximate surface area is 167 Å². The van der Waals surface area contributed by atoms with E-state index in [1.54, 1.807) is 11.0 Å². The van der Waals surface area contributed by atoms with E-state index in [1.807, 2.05) is 31.2 Å². The van der Waals surface area contributed by atoms with Gasteiger partial charge in [-0.1, -0.05) is 24.3 Å². The van der Waals surface area contributed by atoms with Crippen molar-refractivity contribution in [3.63, 3.8) is 0 Å². The number of benzene rings is 1. The Hall–Kier alpha value is -3.42. The molecule has 150 valence electrons. The van der Waals surface area contributed by atoms with Crippen LogP contribution in [0.1, 0.15) is 29.4 Å². The highest BCUT2D eigenvalue weighted by molar-refractivity contribution is 6.11. The largest absolute Gasteiger partial charge is 0.355 e. The van der Waals surface area contributed by atoms with E-state index in [0.717, 1.165) is 5.56 Å². The number of hydrogen-bond donors (Lipinski definition) is 2. The van der Waals surface area contributed by atoms with Crippen molar-refractivity contribution < 1.29 is 14.4 Å². The number of carbonyl (C=O) groups is 3. The van der Waals surface area contributed by atoms with Crippen LogP contribution < -0.4 is 15.8 Å². The number of carbonyl (C=O) groups excluding carboxylic acids is 3. The van der Waals surface area contributed by atoms with Gasteiger partial charge in [-0.2, -0.15) is 0 Å². The molecule has 0 aliphatic carbocycles. The molecule has 1 atom stereocenters. The van der Waals surface area contributed by atoms with Crippen molar-refractivity contribution in [3.8, 4) is 0 Å². The molecular weight excluding hydrogens is 372 g/mol. The molecule has 4 rings (SSSR count). The molecule has 2 aliphatic heterocycles. The van der Waals surface area contributed by atoms with Crippen LogP contribution in [0.5, 0.6) is 0 Å². The SMILES string of the molecule is CCNC(=O)CN1C(=O)C2(CCN(C(=O)c3cccc(=O)[nH]3)C2)c2ccccc21. The van der Waals surface area contributed by atoms with Gasteiger partial charge in [0.05, 0.1) is 5.41 Å². The zero-order valence-corrected chi connectivity index (χ0v) is 16.1. The van der Waals surface area contributed by atoms with Gasteiger partial charge in [-0.05, 0) is 31.0 Å². The predicted octanol–water partition coefficient (Wildman–Crippen LogP) is 0.642. The third-order valence-corrected chi connectivity index (χ3v) is 5.60. The molecule has 0 bridgehead atoms. The van der Waals surface area contributed by atoms with E-state index in [2.05, 4.69) is 10.3 Å². The molecule has 2 N–H and O–H groups in total. The van der Waals surface area contributed by atoms with Crippen LogP contribution in [0.4, 0.5) is 5.69 Å². The molecule has 1 unspecified atom stereocenters. The van der Waals surface area contributed by atoms with E-state index in [1.165, 1.54) is 17.0 Å². The summed E-state index contributed by atoms with van der Waals surface area (Å²) in [4.78, 5) is 55.6. The normalized spacial score (nSPS) is 20.2. The predicted molar refractivity (Wildman–Crippen MR) is 107 cm³/mol. The zero-order chi connectivity index (χ0) is 20.6. The van der Waals surface area contributed by atoms with Gasteiger partial charge < -0.3 is 20.1 Å². The number of likely N-dealkylation sites (N-methyl/N-ethyl adjacent to an activating group) is 1. The van der Waals surface area contributed by atoms with Crippen molar-refractivity contribution in [1.82, 2.24) is 15.2 Å². The number of aromatic amines is 1. The highest BCUT2D eigenvalue weighted by atomic mass is 16.2. The molecule has 8 heteroatoms. The fourth-order valence-corrected chi connectivity index (χ4v) is 4.27. The Bertz CT molecular complexity index is 1050. The van der Waals surface area contributed by atoms with Crippen molar-refractivity contribution in [2.75, 3.05) is 31.1 Å². The van der Waals surface area contributed by atoms with E-state index in [9.17, 15) is 19.2 Å². The monoisotopic (exact) mass is 394 g/mol. The van der Waals surface area contributed by atoms with Crippen molar-refractivity contribution in [2.24, 2.45) is 0 Å².